The lowest BCUT2D eigenvalue weighted by Gasteiger charge is -2.27. The summed E-state index contributed by atoms with van der Waals surface area (Å²) in [5.74, 6) is -0.0946. The van der Waals surface area contributed by atoms with E-state index >= 15 is 0 Å². The number of nitrogens with zero attached hydrogens (tertiary/aromatic N) is 4. The zero-order valence-electron chi connectivity index (χ0n) is 15.6. The van der Waals surface area contributed by atoms with Gasteiger partial charge in [-0.3, -0.25) is 4.90 Å². The van der Waals surface area contributed by atoms with E-state index in [1.165, 1.54) is 0 Å². The third-order valence-electron chi connectivity index (χ3n) is 4.81. The molecule has 26 heavy (non-hydrogen) atoms. The molecule has 1 unspecified atom stereocenters. The van der Waals surface area contributed by atoms with Crippen LogP contribution in [-0.4, -0.2) is 51.5 Å². The van der Waals surface area contributed by atoms with Crippen molar-refractivity contribution in [3.05, 3.63) is 58.7 Å². The summed E-state index contributed by atoms with van der Waals surface area (Å²) < 4.78 is 0. The van der Waals surface area contributed by atoms with E-state index in [4.69, 9.17) is 4.98 Å². The first-order chi connectivity index (χ1) is 12.5. The molecule has 3 rings (SSSR count). The maximum absolute atomic E-state index is 11.5. The second-order valence-electron chi connectivity index (χ2n) is 7.16. The van der Waals surface area contributed by atoms with Gasteiger partial charge in [0, 0.05) is 24.8 Å². The molecule has 6 heteroatoms. The third-order valence-corrected chi connectivity index (χ3v) is 4.81. The molecule has 2 aromatic rings. The predicted molar refractivity (Wildman–Crippen MR) is 99.9 cm³/mol. The summed E-state index contributed by atoms with van der Waals surface area (Å²) in [6.45, 7) is 4.29. The SMILES string of the molecule is Cc1ncc(CN(C)C)c(C2CCCN2Cc2ccccc2C(=O)O)n1. The lowest BCUT2D eigenvalue weighted by atomic mass is 10.0. The monoisotopic (exact) mass is 354 g/mol. The van der Waals surface area contributed by atoms with Crippen molar-refractivity contribution in [2.75, 3.05) is 20.6 Å². The molecule has 0 radical (unpaired) electrons. The fourth-order valence-corrected chi connectivity index (χ4v) is 3.67. The van der Waals surface area contributed by atoms with Gasteiger partial charge in [-0.05, 0) is 52.0 Å². The number of carbonyl (C=O) groups is 1. The number of hydrogen-bond acceptors (Lipinski definition) is 5. The van der Waals surface area contributed by atoms with Gasteiger partial charge in [0.1, 0.15) is 5.82 Å². The highest BCUT2D eigenvalue weighted by atomic mass is 16.4. The van der Waals surface area contributed by atoms with E-state index in [2.05, 4.69) is 14.8 Å². The molecule has 2 heterocycles. The Balaban J connectivity index is 1.90. The Bertz CT molecular complexity index is 791. The molecule has 1 saturated heterocycles. The number of benzene rings is 1. The number of likely N-dealkylation sites (tertiary alicyclic amines) is 1. The zero-order valence-corrected chi connectivity index (χ0v) is 15.6. The van der Waals surface area contributed by atoms with Crippen LogP contribution in [0.4, 0.5) is 0 Å². The average Bonchev–Trinajstić information content (AvgIpc) is 3.04. The number of aromatic carboxylic acids is 1. The highest BCUT2D eigenvalue weighted by Gasteiger charge is 2.30. The summed E-state index contributed by atoms with van der Waals surface area (Å²) in [5.41, 5.74) is 3.46. The molecule has 1 fully saturated rings. The van der Waals surface area contributed by atoms with Crippen molar-refractivity contribution < 1.29 is 9.90 Å². The maximum atomic E-state index is 11.5. The van der Waals surface area contributed by atoms with Crippen molar-refractivity contribution >= 4 is 5.97 Å². The number of aryl methyl sites for hydroxylation is 1. The normalized spacial score (nSPS) is 17.8. The zero-order chi connectivity index (χ0) is 18.7. The van der Waals surface area contributed by atoms with E-state index in [1.807, 2.05) is 39.3 Å². The quantitative estimate of drug-likeness (QED) is 0.860. The first kappa shape index (κ1) is 18.5. The van der Waals surface area contributed by atoms with Gasteiger partial charge in [-0.1, -0.05) is 18.2 Å². The van der Waals surface area contributed by atoms with Crippen LogP contribution in [0.1, 0.15) is 51.9 Å². The molecule has 0 amide bonds. The number of carboxylic acids is 1. The fraction of sp³-hybridized carbons (Fsp3) is 0.450. The molecule has 1 aliphatic rings. The minimum absolute atomic E-state index is 0.202. The number of carboxylic acid groups (broad SMARTS) is 1. The van der Waals surface area contributed by atoms with E-state index in [0.29, 0.717) is 12.1 Å². The lowest BCUT2D eigenvalue weighted by Crippen LogP contribution is -2.26. The van der Waals surface area contributed by atoms with Crippen LogP contribution in [0.3, 0.4) is 0 Å². The molecule has 1 aromatic carbocycles. The summed E-state index contributed by atoms with van der Waals surface area (Å²) in [6, 6.07) is 7.46. The van der Waals surface area contributed by atoms with Gasteiger partial charge in [0.25, 0.3) is 0 Å². The van der Waals surface area contributed by atoms with Crippen LogP contribution >= 0.6 is 0 Å². The fourth-order valence-electron chi connectivity index (χ4n) is 3.67. The Morgan fingerprint density at radius 1 is 1.31 bits per heavy atom. The van der Waals surface area contributed by atoms with E-state index in [1.54, 1.807) is 12.1 Å². The van der Waals surface area contributed by atoms with Crippen LogP contribution < -0.4 is 0 Å². The lowest BCUT2D eigenvalue weighted by molar-refractivity contribution is 0.0694. The van der Waals surface area contributed by atoms with Crippen molar-refractivity contribution in [1.82, 2.24) is 19.8 Å². The second kappa shape index (κ2) is 7.93. The van der Waals surface area contributed by atoms with Crippen molar-refractivity contribution in [2.45, 2.75) is 38.9 Å². The van der Waals surface area contributed by atoms with E-state index < -0.39 is 5.97 Å². The summed E-state index contributed by atoms with van der Waals surface area (Å²) in [7, 11) is 4.08. The number of hydrogen-bond donors (Lipinski definition) is 1. The van der Waals surface area contributed by atoms with E-state index in [9.17, 15) is 9.90 Å². The molecule has 6 nitrogen and oxygen atoms in total. The van der Waals surface area contributed by atoms with Crippen molar-refractivity contribution in [3.63, 3.8) is 0 Å². The largest absolute Gasteiger partial charge is 0.478 e. The summed E-state index contributed by atoms with van der Waals surface area (Å²) in [6.07, 6.45) is 4.05. The Labute approximate surface area is 154 Å². The number of rotatable bonds is 6. The van der Waals surface area contributed by atoms with Crippen LogP contribution in [0.15, 0.2) is 30.5 Å². The summed E-state index contributed by atoms with van der Waals surface area (Å²) >= 11 is 0. The van der Waals surface area contributed by atoms with Gasteiger partial charge in [0.05, 0.1) is 17.3 Å². The number of aromatic nitrogens is 2. The summed E-state index contributed by atoms with van der Waals surface area (Å²) in [4.78, 5) is 25.1. The van der Waals surface area contributed by atoms with Gasteiger partial charge in [-0.25, -0.2) is 14.8 Å². The van der Waals surface area contributed by atoms with Gasteiger partial charge < -0.3 is 10.0 Å². The van der Waals surface area contributed by atoms with Gasteiger partial charge >= 0.3 is 5.97 Å². The van der Waals surface area contributed by atoms with Crippen molar-refractivity contribution in [1.29, 1.82) is 0 Å². The predicted octanol–water partition coefficient (Wildman–Crippen LogP) is 2.88. The van der Waals surface area contributed by atoms with Gasteiger partial charge in [-0.15, -0.1) is 0 Å². The van der Waals surface area contributed by atoms with Crippen molar-refractivity contribution in [2.24, 2.45) is 0 Å². The smallest absolute Gasteiger partial charge is 0.336 e. The first-order valence-corrected chi connectivity index (χ1v) is 8.98. The van der Waals surface area contributed by atoms with Crippen LogP contribution in [0, 0.1) is 6.92 Å². The minimum Gasteiger partial charge on any atom is -0.478 e. The molecular formula is C20H26N4O2. The van der Waals surface area contributed by atoms with Gasteiger partial charge in [0.15, 0.2) is 0 Å². The first-order valence-electron chi connectivity index (χ1n) is 8.98. The minimum atomic E-state index is -0.873. The molecule has 0 bridgehead atoms. The average molecular weight is 354 g/mol. The second-order valence-corrected chi connectivity index (χ2v) is 7.16. The van der Waals surface area contributed by atoms with Crippen LogP contribution in [-0.2, 0) is 13.1 Å². The third kappa shape index (κ3) is 4.08. The molecule has 1 N–H and O–H groups in total. The maximum Gasteiger partial charge on any atom is 0.336 e. The van der Waals surface area contributed by atoms with Gasteiger partial charge in [0.2, 0.25) is 0 Å². The summed E-state index contributed by atoms with van der Waals surface area (Å²) in [5, 5.41) is 9.46. The standard InChI is InChI=1S/C20H26N4O2/c1-14-21-11-16(12-23(2)3)19(22-14)18-9-6-10-24(18)13-15-7-4-5-8-17(15)20(25)26/h4-5,7-8,11,18H,6,9-10,12-13H2,1-3H3,(H,25,26). The molecule has 1 atom stereocenters. The molecule has 1 aliphatic heterocycles. The molecule has 138 valence electrons. The van der Waals surface area contributed by atoms with Crippen LogP contribution in [0.5, 0.6) is 0 Å². The highest BCUT2D eigenvalue weighted by Crippen LogP contribution is 2.34. The van der Waals surface area contributed by atoms with Crippen LogP contribution in [0.2, 0.25) is 0 Å². The van der Waals surface area contributed by atoms with E-state index in [-0.39, 0.29) is 6.04 Å². The van der Waals surface area contributed by atoms with Crippen LogP contribution in [0.25, 0.3) is 0 Å². The molecule has 0 saturated carbocycles. The molecular weight excluding hydrogens is 328 g/mol. The Morgan fingerprint density at radius 2 is 2.08 bits per heavy atom. The Morgan fingerprint density at radius 3 is 2.81 bits per heavy atom. The molecule has 1 aromatic heterocycles. The Hall–Kier alpha value is -2.31. The Kier molecular flexibility index (Phi) is 5.64. The van der Waals surface area contributed by atoms with E-state index in [0.717, 1.165) is 48.6 Å². The topological polar surface area (TPSA) is 69.6 Å². The van der Waals surface area contributed by atoms with Gasteiger partial charge in [-0.2, -0.15) is 0 Å². The highest BCUT2D eigenvalue weighted by molar-refractivity contribution is 5.89. The molecule has 0 spiro atoms. The molecule has 0 aliphatic carbocycles. The van der Waals surface area contributed by atoms with Crippen molar-refractivity contribution in [3.8, 4) is 0 Å².